The number of halogens is 1. The van der Waals surface area contributed by atoms with E-state index in [1.54, 1.807) is 0 Å². The summed E-state index contributed by atoms with van der Waals surface area (Å²) in [5.74, 6) is 0.669. The summed E-state index contributed by atoms with van der Waals surface area (Å²) >= 11 is 5.79. The van der Waals surface area contributed by atoms with Crippen molar-refractivity contribution in [2.24, 2.45) is 0 Å². The number of hydrogen-bond donors (Lipinski definition) is 1. The van der Waals surface area contributed by atoms with Crippen molar-refractivity contribution < 1.29 is 4.21 Å². The van der Waals surface area contributed by atoms with Gasteiger partial charge in [-0.1, -0.05) is 55.0 Å². The topological polar surface area (TPSA) is 29.1 Å². The SMILES string of the molecule is CC(C)(C)S(=O)N[C@@H](C=C=C[Si](C)(C)c1ccccc1)CCCCCl. The van der Waals surface area contributed by atoms with Crippen LogP contribution in [0, 0.1) is 0 Å². The number of hydrogen-bond acceptors (Lipinski definition) is 1. The van der Waals surface area contributed by atoms with Gasteiger partial charge in [-0.25, -0.2) is 8.93 Å². The lowest BCUT2D eigenvalue weighted by Gasteiger charge is -2.22. The molecule has 0 aliphatic heterocycles. The molecule has 0 fully saturated rings. The Bertz CT molecular complexity index is 604. The molecule has 0 saturated carbocycles. The molecule has 0 aromatic heterocycles. The van der Waals surface area contributed by atoms with Gasteiger partial charge in [0, 0.05) is 11.9 Å². The van der Waals surface area contributed by atoms with Gasteiger partial charge in [-0.15, -0.1) is 17.3 Å². The van der Waals surface area contributed by atoms with Gasteiger partial charge in [-0.05, 0) is 45.4 Å². The number of alkyl halides is 1. The van der Waals surface area contributed by atoms with Gasteiger partial charge in [0.1, 0.15) is 8.07 Å². The maximum Gasteiger partial charge on any atom is 0.112 e. The first-order valence-electron chi connectivity index (χ1n) is 8.90. The van der Waals surface area contributed by atoms with Crippen molar-refractivity contribution in [3.63, 3.8) is 0 Å². The van der Waals surface area contributed by atoms with Crippen molar-refractivity contribution >= 4 is 35.8 Å². The van der Waals surface area contributed by atoms with E-state index >= 15 is 0 Å². The standard InChI is InChI=1S/C20H32ClNOSSi/c1-20(2,3)24(23)22-18(12-9-10-16-21)13-11-17-25(4,5)19-14-7-6-8-15-19/h6-8,13-15,17-18,22H,9-10,12,16H2,1-5H3/t11?,18-,24?/m1/s1. The maximum absolute atomic E-state index is 12.4. The molecule has 0 bridgehead atoms. The smallest absolute Gasteiger partial charge is 0.112 e. The Labute approximate surface area is 162 Å². The molecule has 1 N–H and O–H groups in total. The first-order valence-corrected chi connectivity index (χ1v) is 13.7. The highest BCUT2D eigenvalue weighted by Crippen LogP contribution is 2.12. The zero-order valence-corrected chi connectivity index (χ0v) is 18.7. The van der Waals surface area contributed by atoms with Crippen LogP contribution in [0.4, 0.5) is 0 Å². The third kappa shape index (κ3) is 8.52. The molecule has 25 heavy (non-hydrogen) atoms. The van der Waals surface area contributed by atoms with Gasteiger partial charge in [0.2, 0.25) is 0 Å². The van der Waals surface area contributed by atoms with Gasteiger partial charge in [-0.2, -0.15) is 0 Å². The highest BCUT2D eigenvalue weighted by Gasteiger charge is 2.22. The second-order valence-corrected chi connectivity index (χ2v) is 14.5. The molecule has 0 aliphatic rings. The summed E-state index contributed by atoms with van der Waals surface area (Å²) in [4.78, 5) is 0. The van der Waals surface area contributed by atoms with Crippen molar-refractivity contribution in [2.45, 2.75) is 63.9 Å². The molecular formula is C20H32ClNOSSi. The van der Waals surface area contributed by atoms with Crippen LogP contribution in [0.25, 0.3) is 0 Å². The number of benzene rings is 1. The summed E-state index contributed by atoms with van der Waals surface area (Å²) in [6, 6.07) is 10.7. The van der Waals surface area contributed by atoms with Crippen LogP contribution >= 0.6 is 11.6 Å². The third-order valence-electron chi connectivity index (χ3n) is 3.97. The molecule has 1 unspecified atom stereocenters. The largest absolute Gasteiger partial charge is 0.242 e. The molecule has 140 valence electrons. The molecule has 2 nitrogen and oxygen atoms in total. The third-order valence-corrected chi connectivity index (χ3v) is 8.58. The van der Waals surface area contributed by atoms with Gasteiger partial charge < -0.3 is 0 Å². The van der Waals surface area contributed by atoms with E-state index in [4.69, 9.17) is 11.6 Å². The predicted octanol–water partition coefficient (Wildman–Crippen LogP) is 4.68. The van der Waals surface area contributed by atoms with Crippen molar-refractivity contribution in [1.82, 2.24) is 4.72 Å². The minimum absolute atomic E-state index is 0.0556. The Morgan fingerprint density at radius 2 is 1.88 bits per heavy atom. The number of rotatable bonds is 9. The van der Waals surface area contributed by atoms with Gasteiger partial charge in [0.15, 0.2) is 0 Å². The molecule has 2 atom stereocenters. The Morgan fingerprint density at radius 3 is 2.44 bits per heavy atom. The molecule has 1 aromatic rings. The summed E-state index contributed by atoms with van der Waals surface area (Å²) in [6.45, 7) is 10.6. The number of unbranched alkanes of at least 4 members (excludes halogenated alkanes) is 1. The minimum Gasteiger partial charge on any atom is -0.242 e. The second-order valence-electron chi connectivity index (χ2n) is 7.86. The lowest BCUT2D eigenvalue weighted by Crippen LogP contribution is -2.39. The van der Waals surface area contributed by atoms with Gasteiger partial charge in [-0.3, -0.25) is 0 Å². The Balaban J connectivity index is 2.87. The Kier molecular flexibility index (Phi) is 9.40. The monoisotopic (exact) mass is 397 g/mol. The molecule has 0 amide bonds. The van der Waals surface area contributed by atoms with Crippen LogP contribution in [0.1, 0.15) is 40.0 Å². The first kappa shape index (κ1) is 22.4. The van der Waals surface area contributed by atoms with E-state index in [0.29, 0.717) is 5.88 Å². The average molecular weight is 398 g/mol. The zero-order valence-electron chi connectivity index (χ0n) is 16.1. The van der Waals surface area contributed by atoms with E-state index < -0.39 is 19.1 Å². The highest BCUT2D eigenvalue weighted by atomic mass is 35.5. The zero-order chi connectivity index (χ0) is 18.9. The van der Waals surface area contributed by atoms with Gasteiger partial charge in [0.25, 0.3) is 0 Å². The van der Waals surface area contributed by atoms with Crippen molar-refractivity contribution in [3.8, 4) is 0 Å². The summed E-state index contributed by atoms with van der Waals surface area (Å²) in [7, 11) is -2.74. The lowest BCUT2D eigenvalue weighted by molar-refractivity contribution is 0.589. The van der Waals surface area contributed by atoms with E-state index in [1.807, 2.05) is 32.9 Å². The molecule has 0 spiro atoms. The van der Waals surface area contributed by atoms with E-state index in [1.165, 1.54) is 5.19 Å². The number of nitrogens with one attached hydrogen (secondary N) is 1. The molecule has 0 saturated heterocycles. The van der Waals surface area contributed by atoms with E-state index in [2.05, 4.69) is 53.5 Å². The quantitative estimate of drug-likeness (QED) is 0.278. The van der Waals surface area contributed by atoms with Crippen LogP contribution in [0.15, 0.2) is 47.8 Å². The fraction of sp³-hybridized carbons (Fsp3) is 0.550. The van der Waals surface area contributed by atoms with Crippen molar-refractivity contribution in [1.29, 1.82) is 0 Å². The van der Waals surface area contributed by atoms with Crippen LogP contribution < -0.4 is 9.91 Å². The fourth-order valence-corrected chi connectivity index (χ4v) is 5.01. The molecule has 5 heteroatoms. The Morgan fingerprint density at radius 1 is 1.24 bits per heavy atom. The molecule has 1 rings (SSSR count). The first-order chi connectivity index (χ1) is 11.7. The van der Waals surface area contributed by atoms with E-state index in [-0.39, 0.29) is 10.8 Å². The molecule has 0 aliphatic carbocycles. The normalized spacial score (nSPS) is 14.5. The Hall–Kier alpha value is -0.643. The second kappa shape index (κ2) is 10.5. The van der Waals surface area contributed by atoms with Crippen molar-refractivity contribution in [2.75, 3.05) is 5.88 Å². The minimum atomic E-state index is -1.65. The van der Waals surface area contributed by atoms with Gasteiger partial charge >= 0.3 is 0 Å². The molecule has 1 aromatic carbocycles. The molecule has 0 radical (unpaired) electrons. The van der Waals surface area contributed by atoms with E-state index in [0.717, 1.165) is 19.3 Å². The van der Waals surface area contributed by atoms with Crippen LogP contribution in [0.2, 0.25) is 13.1 Å². The summed E-state index contributed by atoms with van der Waals surface area (Å²) in [6.07, 6.45) is 4.95. The van der Waals surface area contributed by atoms with Crippen LogP contribution in [-0.4, -0.2) is 29.0 Å². The lowest BCUT2D eigenvalue weighted by atomic mass is 10.1. The van der Waals surface area contributed by atoms with E-state index in [9.17, 15) is 4.21 Å². The van der Waals surface area contributed by atoms with Crippen LogP contribution in [0.5, 0.6) is 0 Å². The molecular weight excluding hydrogens is 366 g/mol. The van der Waals surface area contributed by atoms with Crippen LogP contribution in [-0.2, 0) is 11.0 Å². The van der Waals surface area contributed by atoms with Crippen LogP contribution in [0.3, 0.4) is 0 Å². The van der Waals surface area contributed by atoms with Gasteiger partial charge in [0.05, 0.1) is 15.7 Å². The summed E-state index contributed by atoms with van der Waals surface area (Å²) in [5, 5.41) is 1.39. The average Bonchev–Trinajstić information content (AvgIpc) is 2.54. The molecule has 0 heterocycles. The highest BCUT2D eigenvalue weighted by molar-refractivity contribution is 7.84. The summed E-state index contributed by atoms with van der Waals surface area (Å²) < 4.78 is 15.4. The van der Waals surface area contributed by atoms with Crippen molar-refractivity contribution in [3.05, 3.63) is 47.8 Å². The fourth-order valence-electron chi connectivity index (χ4n) is 2.27. The summed E-state index contributed by atoms with van der Waals surface area (Å²) in [5.41, 5.74) is 5.61. The maximum atomic E-state index is 12.4. The predicted molar refractivity (Wildman–Crippen MR) is 116 cm³/mol.